The van der Waals surface area contributed by atoms with Crippen molar-refractivity contribution in [2.24, 2.45) is 0 Å². The van der Waals surface area contributed by atoms with Crippen molar-refractivity contribution in [2.45, 2.75) is 50.1 Å². The third-order valence-corrected chi connectivity index (χ3v) is 5.26. The van der Waals surface area contributed by atoms with Gasteiger partial charge in [-0.15, -0.1) is 0 Å². The molecule has 3 heterocycles. The van der Waals surface area contributed by atoms with Crippen molar-refractivity contribution in [2.75, 3.05) is 39.8 Å². The van der Waals surface area contributed by atoms with Crippen LogP contribution in [-0.4, -0.2) is 61.2 Å². The van der Waals surface area contributed by atoms with Gasteiger partial charge in [0, 0.05) is 18.1 Å². The first-order valence-electron chi connectivity index (χ1n) is 7.46. The van der Waals surface area contributed by atoms with Crippen LogP contribution in [0.25, 0.3) is 0 Å². The first kappa shape index (κ1) is 11.9. The van der Waals surface area contributed by atoms with E-state index in [1.54, 1.807) is 0 Å². The second kappa shape index (κ2) is 4.87. The Kier molecular flexibility index (Phi) is 3.42. The molecule has 0 bridgehead atoms. The van der Waals surface area contributed by atoms with Gasteiger partial charge in [0.05, 0.1) is 0 Å². The van der Waals surface area contributed by atoms with Gasteiger partial charge in [0.25, 0.3) is 0 Å². The lowest BCUT2D eigenvalue weighted by Gasteiger charge is -2.52. The van der Waals surface area contributed by atoms with Crippen LogP contribution < -0.4 is 5.32 Å². The monoisotopic (exact) mass is 237 g/mol. The van der Waals surface area contributed by atoms with Gasteiger partial charge >= 0.3 is 0 Å². The molecule has 3 aliphatic heterocycles. The van der Waals surface area contributed by atoms with Crippen LogP contribution in [0, 0.1) is 0 Å². The van der Waals surface area contributed by atoms with Crippen molar-refractivity contribution >= 4 is 0 Å². The molecule has 1 spiro atoms. The Hall–Kier alpha value is -0.120. The van der Waals surface area contributed by atoms with E-state index in [0.717, 1.165) is 6.04 Å². The van der Waals surface area contributed by atoms with Crippen molar-refractivity contribution in [3.63, 3.8) is 0 Å². The number of nitrogens with one attached hydrogen (secondary N) is 1. The minimum atomic E-state index is 0.494. The average Bonchev–Trinajstić information content (AvgIpc) is 2.54. The quantitative estimate of drug-likeness (QED) is 0.685. The molecule has 1 unspecified atom stereocenters. The standard InChI is InChI=1S/C14H27N3/c1-16-10-6-14(7-11-16)12-15-8-5-13-4-2-3-9-17(13)14/h13,15H,2-12H2,1H3. The number of fused-ring (bicyclic) bond motifs is 2. The zero-order chi connectivity index (χ0) is 11.7. The molecule has 17 heavy (non-hydrogen) atoms. The van der Waals surface area contributed by atoms with Crippen molar-refractivity contribution in [1.29, 1.82) is 0 Å². The summed E-state index contributed by atoms with van der Waals surface area (Å²) >= 11 is 0. The molecule has 98 valence electrons. The third kappa shape index (κ3) is 2.25. The molecule has 3 rings (SSSR count). The molecule has 0 aromatic heterocycles. The Balaban J connectivity index is 1.79. The topological polar surface area (TPSA) is 18.5 Å². The summed E-state index contributed by atoms with van der Waals surface area (Å²) in [5.41, 5.74) is 0.494. The van der Waals surface area contributed by atoms with Crippen LogP contribution >= 0.6 is 0 Å². The molecular weight excluding hydrogens is 210 g/mol. The maximum Gasteiger partial charge on any atom is 0.0361 e. The maximum absolute atomic E-state index is 3.72. The number of nitrogens with zero attached hydrogens (tertiary/aromatic N) is 2. The first-order valence-corrected chi connectivity index (χ1v) is 7.46. The predicted octanol–water partition coefficient (Wildman–Crippen LogP) is 1.30. The molecule has 0 saturated carbocycles. The van der Waals surface area contributed by atoms with Crippen molar-refractivity contribution in [3.05, 3.63) is 0 Å². The van der Waals surface area contributed by atoms with Crippen molar-refractivity contribution < 1.29 is 0 Å². The van der Waals surface area contributed by atoms with Gasteiger partial charge in [-0.2, -0.15) is 0 Å². The van der Waals surface area contributed by atoms with Gasteiger partial charge in [-0.1, -0.05) is 6.42 Å². The smallest absolute Gasteiger partial charge is 0.0361 e. The number of likely N-dealkylation sites (tertiary alicyclic amines) is 1. The van der Waals surface area contributed by atoms with Crippen LogP contribution in [0.2, 0.25) is 0 Å². The number of hydrogen-bond donors (Lipinski definition) is 1. The molecule has 0 aliphatic carbocycles. The fourth-order valence-electron chi connectivity index (χ4n) is 4.12. The van der Waals surface area contributed by atoms with Gasteiger partial charge < -0.3 is 10.2 Å². The van der Waals surface area contributed by atoms with Crippen molar-refractivity contribution in [1.82, 2.24) is 15.1 Å². The van der Waals surface area contributed by atoms with E-state index in [2.05, 4.69) is 22.2 Å². The zero-order valence-electron chi connectivity index (χ0n) is 11.2. The maximum atomic E-state index is 3.72. The SMILES string of the molecule is CN1CCC2(CC1)CNCCC1CCCCN12. The summed E-state index contributed by atoms with van der Waals surface area (Å²) < 4.78 is 0. The molecule has 3 heteroatoms. The fraction of sp³-hybridized carbons (Fsp3) is 1.00. The van der Waals surface area contributed by atoms with Gasteiger partial charge in [0.15, 0.2) is 0 Å². The summed E-state index contributed by atoms with van der Waals surface area (Å²) in [5.74, 6) is 0. The highest BCUT2D eigenvalue weighted by Crippen LogP contribution is 2.35. The summed E-state index contributed by atoms with van der Waals surface area (Å²) in [5, 5.41) is 3.72. The second-order valence-corrected chi connectivity index (χ2v) is 6.34. The predicted molar refractivity (Wildman–Crippen MR) is 71.3 cm³/mol. The molecule has 3 saturated heterocycles. The highest BCUT2D eigenvalue weighted by atomic mass is 15.3. The van der Waals surface area contributed by atoms with Gasteiger partial charge in [0.2, 0.25) is 0 Å². The lowest BCUT2D eigenvalue weighted by molar-refractivity contribution is -0.0118. The largest absolute Gasteiger partial charge is 0.315 e. The van der Waals surface area contributed by atoms with E-state index in [9.17, 15) is 0 Å². The van der Waals surface area contributed by atoms with E-state index in [-0.39, 0.29) is 0 Å². The van der Waals surface area contributed by atoms with E-state index < -0.39 is 0 Å². The van der Waals surface area contributed by atoms with E-state index in [4.69, 9.17) is 0 Å². The molecule has 0 radical (unpaired) electrons. The molecular formula is C14H27N3. The van der Waals surface area contributed by atoms with E-state index in [1.165, 1.54) is 71.2 Å². The Morgan fingerprint density at radius 2 is 1.88 bits per heavy atom. The second-order valence-electron chi connectivity index (χ2n) is 6.34. The van der Waals surface area contributed by atoms with Crippen LogP contribution in [0.3, 0.4) is 0 Å². The average molecular weight is 237 g/mol. The Labute approximate surface area is 106 Å². The van der Waals surface area contributed by atoms with Gasteiger partial charge in [-0.25, -0.2) is 0 Å². The number of hydrogen-bond acceptors (Lipinski definition) is 3. The molecule has 1 atom stereocenters. The van der Waals surface area contributed by atoms with Gasteiger partial charge in [-0.3, -0.25) is 4.90 Å². The highest BCUT2D eigenvalue weighted by molar-refractivity contribution is 5.01. The molecule has 0 amide bonds. The lowest BCUT2D eigenvalue weighted by atomic mass is 9.82. The zero-order valence-corrected chi connectivity index (χ0v) is 11.2. The van der Waals surface area contributed by atoms with Crippen LogP contribution in [0.15, 0.2) is 0 Å². The summed E-state index contributed by atoms with van der Waals surface area (Å²) in [6.07, 6.45) is 8.43. The van der Waals surface area contributed by atoms with E-state index >= 15 is 0 Å². The summed E-state index contributed by atoms with van der Waals surface area (Å²) in [4.78, 5) is 5.40. The first-order chi connectivity index (χ1) is 8.30. The molecule has 3 nitrogen and oxygen atoms in total. The summed E-state index contributed by atoms with van der Waals surface area (Å²) in [7, 11) is 2.27. The summed E-state index contributed by atoms with van der Waals surface area (Å²) in [6.45, 7) is 6.39. The van der Waals surface area contributed by atoms with Crippen LogP contribution in [0.1, 0.15) is 38.5 Å². The number of piperidine rings is 2. The molecule has 0 aromatic rings. The fourth-order valence-corrected chi connectivity index (χ4v) is 4.12. The lowest BCUT2D eigenvalue weighted by Crippen LogP contribution is -2.61. The molecule has 1 N–H and O–H groups in total. The van der Waals surface area contributed by atoms with Crippen LogP contribution in [0.4, 0.5) is 0 Å². The summed E-state index contributed by atoms with van der Waals surface area (Å²) in [6, 6.07) is 0.877. The normalized spacial score (nSPS) is 35.5. The van der Waals surface area contributed by atoms with Gasteiger partial charge in [0.1, 0.15) is 0 Å². The molecule has 0 aromatic carbocycles. The highest BCUT2D eigenvalue weighted by Gasteiger charge is 2.43. The minimum absolute atomic E-state index is 0.494. The van der Waals surface area contributed by atoms with E-state index in [0.29, 0.717) is 5.54 Å². The van der Waals surface area contributed by atoms with Gasteiger partial charge in [-0.05, 0) is 65.3 Å². The Morgan fingerprint density at radius 3 is 2.71 bits per heavy atom. The van der Waals surface area contributed by atoms with Crippen LogP contribution in [-0.2, 0) is 0 Å². The molecule has 3 aliphatic rings. The third-order valence-electron chi connectivity index (χ3n) is 5.26. The molecule has 3 fully saturated rings. The minimum Gasteiger partial charge on any atom is -0.315 e. The number of rotatable bonds is 0. The van der Waals surface area contributed by atoms with Crippen molar-refractivity contribution in [3.8, 4) is 0 Å². The van der Waals surface area contributed by atoms with E-state index in [1.807, 2.05) is 0 Å². The Morgan fingerprint density at radius 1 is 1.06 bits per heavy atom. The Bertz CT molecular complexity index is 258. The van der Waals surface area contributed by atoms with Crippen LogP contribution in [0.5, 0.6) is 0 Å².